The molecule has 6 heteroatoms. The number of aromatic nitrogens is 1. The number of hydrogen-bond acceptors (Lipinski definition) is 3. The molecule has 0 aliphatic carbocycles. The molecule has 0 bridgehead atoms. The largest absolute Gasteiger partial charge is 0.476 e. The predicted molar refractivity (Wildman–Crippen MR) is 81.4 cm³/mol. The van der Waals surface area contributed by atoms with E-state index in [1.165, 1.54) is 0 Å². The average molecular weight is 269 g/mol. The maximum Gasteiger partial charge on any atom is 0.319 e. The van der Waals surface area contributed by atoms with Crippen molar-refractivity contribution in [1.29, 1.82) is 0 Å². The Morgan fingerprint density at radius 2 is 1.95 bits per heavy atom. The molecule has 2 N–H and O–H groups in total. The average Bonchev–Trinajstić information content (AvgIpc) is 2.45. The van der Waals surface area contributed by atoms with Gasteiger partial charge in [0.25, 0.3) is 0 Å². The molecule has 1 heterocycles. The Bertz CT molecular complexity index is 563. The third-order valence-electron chi connectivity index (χ3n) is 2.53. The van der Waals surface area contributed by atoms with Crippen LogP contribution >= 0.6 is 0 Å². The smallest absolute Gasteiger partial charge is 0.319 e. The van der Waals surface area contributed by atoms with Gasteiger partial charge in [0.2, 0.25) is 5.88 Å². The molecule has 0 aliphatic rings. The van der Waals surface area contributed by atoms with Gasteiger partial charge in [-0.2, -0.15) is 0 Å². The first-order chi connectivity index (χ1) is 9.74. The second kappa shape index (κ2) is 7.18. The standard InChI is InChI=1S/C14H16BN3O2/c15-12-7-4-8-13(18-12)20-10-9-16-14(19)17-11-5-2-1-3-6-11/h1-8H,9-10,15H2,(H2,16,17,19). The highest BCUT2D eigenvalue weighted by molar-refractivity contribution is 6.30. The fraction of sp³-hybridized carbons (Fsp3) is 0.143. The first-order valence-electron chi connectivity index (χ1n) is 6.40. The topological polar surface area (TPSA) is 63.2 Å². The Balaban J connectivity index is 1.67. The van der Waals surface area contributed by atoms with Crippen LogP contribution in [0.1, 0.15) is 0 Å². The first-order valence-corrected chi connectivity index (χ1v) is 6.40. The molecule has 1 aromatic carbocycles. The van der Waals surface area contributed by atoms with Crippen molar-refractivity contribution in [3.8, 4) is 5.88 Å². The van der Waals surface area contributed by atoms with Gasteiger partial charge in [-0.05, 0) is 17.7 Å². The highest BCUT2D eigenvalue weighted by Crippen LogP contribution is 2.04. The van der Waals surface area contributed by atoms with E-state index in [9.17, 15) is 4.79 Å². The number of hydrogen-bond donors (Lipinski definition) is 2. The van der Waals surface area contributed by atoms with Crippen molar-refractivity contribution in [2.45, 2.75) is 0 Å². The molecular weight excluding hydrogens is 253 g/mol. The van der Waals surface area contributed by atoms with Crippen LogP contribution in [0.2, 0.25) is 0 Å². The van der Waals surface area contributed by atoms with Crippen molar-refractivity contribution in [3.63, 3.8) is 0 Å². The molecule has 0 saturated carbocycles. The van der Waals surface area contributed by atoms with Gasteiger partial charge in [-0.3, -0.25) is 0 Å². The summed E-state index contributed by atoms with van der Waals surface area (Å²) >= 11 is 0. The number of carbonyl (C=O) groups is 1. The van der Waals surface area contributed by atoms with Crippen molar-refractivity contribution in [3.05, 3.63) is 48.5 Å². The van der Waals surface area contributed by atoms with Crippen LogP contribution < -0.4 is 21.0 Å². The van der Waals surface area contributed by atoms with Crippen molar-refractivity contribution in [2.75, 3.05) is 18.5 Å². The van der Waals surface area contributed by atoms with Crippen LogP contribution in [0.4, 0.5) is 10.5 Å². The van der Waals surface area contributed by atoms with Gasteiger partial charge in [0.05, 0.1) is 6.54 Å². The fourth-order valence-corrected chi connectivity index (χ4v) is 1.62. The second-order valence-electron chi connectivity index (χ2n) is 4.21. The molecule has 0 unspecified atom stereocenters. The molecule has 0 aliphatic heterocycles. The van der Waals surface area contributed by atoms with Crippen molar-refractivity contribution >= 4 is 25.2 Å². The van der Waals surface area contributed by atoms with Crippen LogP contribution in [0.25, 0.3) is 0 Å². The maximum absolute atomic E-state index is 11.6. The van der Waals surface area contributed by atoms with Gasteiger partial charge in [-0.25, -0.2) is 9.78 Å². The van der Waals surface area contributed by atoms with E-state index >= 15 is 0 Å². The molecule has 2 rings (SSSR count). The van der Waals surface area contributed by atoms with Gasteiger partial charge in [0, 0.05) is 11.8 Å². The fourth-order valence-electron chi connectivity index (χ4n) is 1.62. The number of nitrogens with zero attached hydrogens (tertiary/aromatic N) is 1. The third kappa shape index (κ3) is 4.64. The highest BCUT2D eigenvalue weighted by Gasteiger charge is 2.00. The molecule has 2 amide bonds. The molecule has 1 aromatic heterocycles. The van der Waals surface area contributed by atoms with Gasteiger partial charge in [-0.15, -0.1) is 0 Å². The van der Waals surface area contributed by atoms with Gasteiger partial charge in [0.1, 0.15) is 6.61 Å². The maximum atomic E-state index is 11.6. The molecule has 0 saturated heterocycles. The lowest BCUT2D eigenvalue weighted by atomic mass is 10.0. The monoisotopic (exact) mass is 269 g/mol. The van der Waals surface area contributed by atoms with Crippen molar-refractivity contribution in [1.82, 2.24) is 10.3 Å². The number of pyridine rings is 1. The summed E-state index contributed by atoms with van der Waals surface area (Å²) in [6, 6.07) is 14.6. The summed E-state index contributed by atoms with van der Waals surface area (Å²) in [6.07, 6.45) is 0. The minimum absolute atomic E-state index is 0.253. The number of amides is 2. The zero-order valence-corrected chi connectivity index (χ0v) is 11.3. The van der Waals surface area contributed by atoms with Crippen LogP contribution in [-0.2, 0) is 0 Å². The minimum Gasteiger partial charge on any atom is -0.476 e. The molecule has 0 spiro atoms. The summed E-state index contributed by atoms with van der Waals surface area (Å²) in [5.74, 6) is 0.565. The Hall–Kier alpha value is -2.50. The Kier molecular flexibility index (Phi) is 5.00. The number of ether oxygens (including phenoxy) is 1. The van der Waals surface area contributed by atoms with Gasteiger partial charge in [0.15, 0.2) is 7.85 Å². The van der Waals surface area contributed by atoms with E-state index in [1.807, 2.05) is 50.3 Å². The summed E-state index contributed by atoms with van der Waals surface area (Å²) in [7, 11) is 1.90. The summed E-state index contributed by atoms with van der Waals surface area (Å²) in [5, 5.41) is 5.44. The molecule has 0 radical (unpaired) electrons. The van der Waals surface area contributed by atoms with E-state index in [-0.39, 0.29) is 6.03 Å². The lowest BCUT2D eigenvalue weighted by molar-refractivity contribution is 0.246. The lowest BCUT2D eigenvalue weighted by Gasteiger charge is -2.08. The summed E-state index contributed by atoms with van der Waals surface area (Å²) in [4.78, 5) is 15.8. The highest BCUT2D eigenvalue weighted by atomic mass is 16.5. The number of anilines is 1. The second-order valence-corrected chi connectivity index (χ2v) is 4.21. The Morgan fingerprint density at radius 3 is 2.70 bits per heavy atom. The number of nitrogens with one attached hydrogen (secondary N) is 2. The minimum atomic E-state index is -0.253. The molecular formula is C14H16BN3O2. The first kappa shape index (κ1) is 13.9. The van der Waals surface area contributed by atoms with E-state index < -0.39 is 0 Å². The van der Waals surface area contributed by atoms with E-state index in [2.05, 4.69) is 15.6 Å². The normalized spacial score (nSPS) is 9.80. The zero-order valence-electron chi connectivity index (χ0n) is 11.3. The van der Waals surface area contributed by atoms with Gasteiger partial charge < -0.3 is 15.4 Å². The van der Waals surface area contributed by atoms with E-state index in [4.69, 9.17) is 4.74 Å². The number of benzene rings is 1. The Morgan fingerprint density at radius 1 is 1.15 bits per heavy atom. The number of para-hydroxylation sites is 1. The van der Waals surface area contributed by atoms with E-state index in [0.717, 1.165) is 11.3 Å². The zero-order chi connectivity index (χ0) is 14.2. The Labute approximate surface area is 118 Å². The van der Waals surface area contributed by atoms with Gasteiger partial charge in [-0.1, -0.05) is 30.3 Å². The van der Waals surface area contributed by atoms with Crippen molar-refractivity contribution in [2.24, 2.45) is 0 Å². The van der Waals surface area contributed by atoms with Crippen LogP contribution in [0.15, 0.2) is 48.5 Å². The van der Waals surface area contributed by atoms with Gasteiger partial charge >= 0.3 is 6.03 Å². The summed E-state index contributed by atoms with van der Waals surface area (Å²) in [6.45, 7) is 0.785. The molecule has 2 aromatic rings. The molecule has 20 heavy (non-hydrogen) atoms. The number of carbonyl (C=O) groups excluding carboxylic acids is 1. The van der Waals surface area contributed by atoms with Crippen LogP contribution in [-0.4, -0.2) is 32.0 Å². The van der Waals surface area contributed by atoms with E-state index in [1.54, 1.807) is 6.07 Å². The quantitative estimate of drug-likeness (QED) is 0.615. The van der Waals surface area contributed by atoms with Crippen molar-refractivity contribution < 1.29 is 9.53 Å². The summed E-state index contributed by atoms with van der Waals surface area (Å²) < 4.78 is 5.43. The van der Waals surface area contributed by atoms with E-state index in [0.29, 0.717) is 19.0 Å². The summed E-state index contributed by atoms with van der Waals surface area (Å²) in [5.41, 5.74) is 1.66. The third-order valence-corrected chi connectivity index (χ3v) is 2.53. The predicted octanol–water partition coefficient (Wildman–Crippen LogP) is 0.540. The molecule has 102 valence electrons. The molecule has 5 nitrogen and oxygen atoms in total. The molecule has 0 atom stereocenters. The number of rotatable bonds is 5. The number of urea groups is 1. The van der Waals surface area contributed by atoms with Crippen LogP contribution in [0, 0.1) is 0 Å². The van der Waals surface area contributed by atoms with Crippen LogP contribution in [0.3, 0.4) is 0 Å². The molecule has 0 fully saturated rings. The van der Waals surface area contributed by atoms with Crippen LogP contribution in [0.5, 0.6) is 5.88 Å². The SMILES string of the molecule is Bc1cccc(OCCNC(=O)Nc2ccccc2)n1. The lowest BCUT2D eigenvalue weighted by Crippen LogP contribution is -2.32.